The predicted molar refractivity (Wildman–Crippen MR) is 84.4 cm³/mol. The van der Waals surface area contributed by atoms with Crippen molar-refractivity contribution in [1.82, 2.24) is 4.90 Å². The highest BCUT2D eigenvalue weighted by Gasteiger charge is 2.26. The van der Waals surface area contributed by atoms with Gasteiger partial charge in [-0.05, 0) is 35.7 Å². The van der Waals surface area contributed by atoms with E-state index in [1.54, 1.807) is 6.07 Å². The third-order valence-electron chi connectivity index (χ3n) is 3.95. The lowest BCUT2D eigenvalue weighted by atomic mass is 10.1. The van der Waals surface area contributed by atoms with Crippen molar-refractivity contribution in [1.29, 1.82) is 0 Å². The number of fused-ring (bicyclic) bond motifs is 1. The molecule has 0 saturated carbocycles. The van der Waals surface area contributed by atoms with E-state index in [1.807, 2.05) is 36.4 Å². The maximum absolute atomic E-state index is 12.1. The number of piperidine rings is 1. The van der Waals surface area contributed by atoms with E-state index in [2.05, 4.69) is 5.32 Å². The largest absolute Gasteiger partial charge is 0.393 e. The van der Waals surface area contributed by atoms with Gasteiger partial charge < -0.3 is 15.3 Å². The number of amides is 2. The predicted octanol–water partition coefficient (Wildman–Crippen LogP) is 1.76. The lowest BCUT2D eigenvalue weighted by Gasteiger charge is -2.28. The summed E-state index contributed by atoms with van der Waals surface area (Å²) in [5.74, 6) is -1.17. The number of benzene rings is 2. The molecule has 0 spiro atoms. The minimum atomic E-state index is -0.633. The molecule has 0 aliphatic carbocycles. The standard InChI is InChI=1S/C17H18N2O3/c20-15-7-9-19(10-8-15)17(22)16(21)18-14-6-5-12-3-1-2-4-13(12)11-14/h1-6,11,15,20H,7-10H2,(H,18,21). The van der Waals surface area contributed by atoms with Crippen LogP contribution in [0.5, 0.6) is 0 Å². The van der Waals surface area contributed by atoms with Gasteiger partial charge in [0.15, 0.2) is 0 Å². The summed E-state index contributed by atoms with van der Waals surface area (Å²) in [6.07, 6.45) is 0.678. The van der Waals surface area contributed by atoms with Crippen LogP contribution < -0.4 is 5.32 Å². The summed E-state index contributed by atoms with van der Waals surface area (Å²) in [7, 11) is 0. The number of aliphatic hydroxyl groups excluding tert-OH is 1. The zero-order valence-electron chi connectivity index (χ0n) is 12.2. The molecule has 0 bridgehead atoms. The van der Waals surface area contributed by atoms with Crippen LogP contribution in [0.2, 0.25) is 0 Å². The summed E-state index contributed by atoms with van der Waals surface area (Å²) in [5, 5.41) is 14.2. The minimum Gasteiger partial charge on any atom is -0.393 e. The minimum absolute atomic E-state index is 0.368. The van der Waals surface area contributed by atoms with Gasteiger partial charge in [-0.25, -0.2) is 0 Å². The molecular formula is C17H18N2O3. The SMILES string of the molecule is O=C(Nc1ccc2ccccc2c1)C(=O)N1CCC(O)CC1. The van der Waals surface area contributed by atoms with Crippen LogP contribution in [0.15, 0.2) is 42.5 Å². The number of rotatable bonds is 1. The van der Waals surface area contributed by atoms with Crippen molar-refractivity contribution in [3.8, 4) is 0 Å². The number of nitrogens with zero attached hydrogens (tertiary/aromatic N) is 1. The number of carbonyl (C=O) groups is 2. The van der Waals surface area contributed by atoms with E-state index in [4.69, 9.17) is 0 Å². The molecule has 0 atom stereocenters. The molecule has 3 rings (SSSR count). The topological polar surface area (TPSA) is 69.6 Å². The van der Waals surface area contributed by atoms with Crippen molar-refractivity contribution in [3.05, 3.63) is 42.5 Å². The van der Waals surface area contributed by atoms with Gasteiger partial charge in [-0.1, -0.05) is 30.3 Å². The van der Waals surface area contributed by atoms with Crippen molar-refractivity contribution < 1.29 is 14.7 Å². The second kappa shape index (κ2) is 6.15. The van der Waals surface area contributed by atoms with Gasteiger partial charge in [0.1, 0.15) is 0 Å². The molecule has 2 aromatic rings. The average molecular weight is 298 g/mol. The van der Waals surface area contributed by atoms with E-state index in [9.17, 15) is 14.7 Å². The zero-order valence-corrected chi connectivity index (χ0v) is 12.2. The molecule has 22 heavy (non-hydrogen) atoms. The summed E-state index contributed by atoms with van der Waals surface area (Å²) in [5.41, 5.74) is 0.606. The lowest BCUT2D eigenvalue weighted by Crippen LogP contribution is -2.45. The Labute approximate surface area is 128 Å². The van der Waals surface area contributed by atoms with Crippen LogP contribution in [0.25, 0.3) is 10.8 Å². The fraction of sp³-hybridized carbons (Fsp3) is 0.294. The van der Waals surface area contributed by atoms with Crippen molar-refractivity contribution >= 4 is 28.3 Å². The number of nitrogens with one attached hydrogen (secondary N) is 1. The van der Waals surface area contributed by atoms with Crippen molar-refractivity contribution in [2.45, 2.75) is 18.9 Å². The number of anilines is 1. The Morgan fingerprint density at radius 3 is 2.45 bits per heavy atom. The fourth-order valence-corrected chi connectivity index (χ4v) is 2.66. The van der Waals surface area contributed by atoms with Crippen LogP contribution in [0, 0.1) is 0 Å². The first-order valence-corrected chi connectivity index (χ1v) is 7.40. The van der Waals surface area contributed by atoms with Crippen LogP contribution in [0.4, 0.5) is 5.69 Å². The molecule has 1 saturated heterocycles. The van der Waals surface area contributed by atoms with E-state index in [0.717, 1.165) is 10.8 Å². The number of hydrogen-bond acceptors (Lipinski definition) is 3. The normalized spacial score (nSPS) is 15.8. The third kappa shape index (κ3) is 3.09. The van der Waals surface area contributed by atoms with Crippen molar-refractivity contribution in [2.75, 3.05) is 18.4 Å². The Morgan fingerprint density at radius 1 is 1.05 bits per heavy atom. The molecule has 0 radical (unpaired) electrons. The van der Waals surface area contributed by atoms with Gasteiger partial charge >= 0.3 is 11.8 Å². The molecule has 1 fully saturated rings. The average Bonchev–Trinajstić information content (AvgIpc) is 2.55. The summed E-state index contributed by atoms with van der Waals surface area (Å²) in [6, 6.07) is 13.4. The van der Waals surface area contributed by atoms with E-state index in [1.165, 1.54) is 4.90 Å². The van der Waals surface area contributed by atoms with Gasteiger partial charge in [-0.3, -0.25) is 9.59 Å². The molecular weight excluding hydrogens is 280 g/mol. The number of hydrogen-bond donors (Lipinski definition) is 2. The maximum atomic E-state index is 12.1. The Morgan fingerprint density at radius 2 is 1.73 bits per heavy atom. The van der Waals surface area contributed by atoms with E-state index in [-0.39, 0.29) is 6.10 Å². The maximum Gasteiger partial charge on any atom is 0.313 e. The zero-order chi connectivity index (χ0) is 15.5. The molecule has 2 N–H and O–H groups in total. The number of carbonyl (C=O) groups excluding carboxylic acids is 2. The van der Waals surface area contributed by atoms with Crippen molar-refractivity contribution in [2.24, 2.45) is 0 Å². The molecule has 0 aromatic heterocycles. The lowest BCUT2D eigenvalue weighted by molar-refractivity contribution is -0.144. The molecule has 1 heterocycles. The fourth-order valence-electron chi connectivity index (χ4n) is 2.66. The van der Waals surface area contributed by atoms with Crippen LogP contribution >= 0.6 is 0 Å². The van der Waals surface area contributed by atoms with Crippen LogP contribution in [-0.4, -0.2) is 41.0 Å². The van der Waals surface area contributed by atoms with Gasteiger partial charge in [0.25, 0.3) is 0 Å². The van der Waals surface area contributed by atoms with Gasteiger partial charge in [0.05, 0.1) is 6.10 Å². The summed E-state index contributed by atoms with van der Waals surface area (Å²) >= 11 is 0. The van der Waals surface area contributed by atoms with E-state index >= 15 is 0 Å². The Hall–Kier alpha value is -2.40. The van der Waals surface area contributed by atoms with Gasteiger partial charge in [-0.2, -0.15) is 0 Å². The van der Waals surface area contributed by atoms with Crippen LogP contribution in [-0.2, 0) is 9.59 Å². The van der Waals surface area contributed by atoms with E-state index in [0.29, 0.717) is 31.6 Å². The third-order valence-corrected chi connectivity index (χ3v) is 3.95. The smallest absolute Gasteiger partial charge is 0.313 e. The molecule has 2 aromatic carbocycles. The molecule has 2 amide bonds. The Bertz CT molecular complexity index is 706. The molecule has 114 valence electrons. The molecule has 5 heteroatoms. The molecule has 0 unspecified atom stereocenters. The first-order valence-electron chi connectivity index (χ1n) is 7.40. The van der Waals surface area contributed by atoms with Gasteiger partial charge in [0, 0.05) is 18.8 Å². The second-order valence-corrected chi connectivity index (χ2v) is 5.54. The summed E-state index contributed by atoms with van der Waals surface area (Å²) in [4.78, 5) is 25.7. The quantitative estimate of drug-likeness (QED) is 0.788. The van der Waals surface area contributed by atoms with E-state index < -0.39 is 11.8 Å². The van der Waals surface area contributed by atoms with Gasteiger partial charge in [0.2, 0.25) is 0 Å². The van der Waals surface area contributed by atoms with Crippen molar-refractivity contribution in [3.63, 3.8) is 0 Å². The Kier molecular flexibility index (Phi) is 4.06. The molecule has 1 aliphatic heterocycles. The first-order chi connectivity index (χ1) is 10.6. The highest BCUT2D eigenvalue weighted by Crippen LogP contribution is 2.19. The number of likely N-dealkylation sites (tertiary alicyclic amines) is 1. The second-order valence-electron chi connectivity index (χ2n) is 5.54. The molecule has 5 nitrogen and oxygen atoms in total. The highest BCUT2D eigenvalue weighted by atomic mass is 16.3. The van der Waals surface area contributed by atoms with Crippen LogP contribution in [0.3, 0.4) is 0 Å². The summed E-state index contributed by atoms with van der Waals surface area (Å²) in [6.45, 7) is 0.844. The first kappa shape index (κ1) is 14.5. The summed E-state index contributed by atoms with van der Waals surface area (Å²) < 4.78 is 0. The van der Waals surface area contributed by atoms with Crippen LogP contribution in [0.1, 0.15) is 12.8 Å². The molecule has 1 aliphatic rings. The number of aliphatic hydroxyl groups is 1. The van der Waals surface area contributed by atoms with Gasteiger partial charge in [-0.15, -0.1) is 0 Å². The monoisotopic (exact) mass is 298 g/mol. The Balaban J connectivity index is 1.68. The highest BCUT2D eigenvalue weighted by molar-refractivity contribution is 6.39.